The van der Waals surface area contributed by atoms with E-state index in [1.54, 1.807) is 12.1 Å². The number of anilines is 2. The number of thiazole rings is 1. The molecular weight excluding hydrogens is 563 g/mol. The quantitative estimate of drug-likeness (QED) is 0.344. The number of amides is 1. The lowest BCUT2D eigenvalue weighted by molar-refractivity contribution is -0.164. The fourth-order valence-electron chi connectivity index (χ4n) is 5.55. The summed E-state index contributed by atoms with van der Waals surface area (Å²) in [6, 6.07) is 5.96. The van der Waals surface area contributed by atoms with Crippen LogP contribution in [0.2, 0.25) is 0 Å². The molecule has 13 heteroatoms. The number of carbonyl (C=O) groups is 2. The van der Waals surface area contributed by atoms with Gasteiger partial charge in [-0.3, -0.25) is 15.0 Å². The maximum atomic E-state index is 13.1. The summed E-state index contributed by atoms with van der Waals surface area (Å²) in [6.45, 7) is 5.77. The Bertz CT molecular complexity index is 1430. The van der Waals surface area contributed by atoms with Crippen LogP contribution in [-0.4, -0.2) is 82.1 Å². The van der Waals surface area contributed by atoms with Crippen LogP contribution in [0.4, 0.5) is 15.3 Å². The highest BCUT2D eigenvalue weighted by Gasteiger charge is 2.42. The van der Waals surface area contributed by atoms with Crippen molar-refractivity contribution in [2.45, 2.75) is 57.7 Å². The number of nitrogens with one attached hydrogen (secondary N) is 1. The maximum Gasteiger partial charge on any atom is 0.336 e. The number of nitrogens with zero attached hydrogens (tertiary/aromatic N) is 5. The van der Waals surface area contributed by atoms with E-state index in [0.29, 0.717) is 55.2 Å². The van der Waals surface area contributed by atoms with Crippen molar-refractivity contribution in [1.82, 2.24) is 19.9 Å². The van der Waals surface area contributed by atoms with Crippen molar-refractivity contribution in [1.29, 1.82) is 0 Å². The van der Waals surface area contributed by atoms with Gasteiger partial charge in [-0.15, -0.1) is 0 Å². The number of carboxylic acid groups (broad SMARTS) is 1. The molecule has 4 heterocycles. The summed E-state index contributed by atoms with van der Waals surface area (Å²) < 4.78 is 23.3. The Morgan fingerprint density at radius 2 is 1.98 bits per heavy atom. The minimum Gasteiger partial charge on any atom is -0.479 e. The number of hydrogen-bond acceptors (Lipinski definition) is 10. The highest BCUT2D eigenvalue weighted by Crippen LogP contribution is 2.36. The molecule has 11 nitrogen and oxygen atoms in total. The normalized spacial score (nSPS) is 18.7. The molecule has 2 fully saturated rings. The number of rotatable bonds is 10. The van der Waals surface area contributed by atoms with Gasteiger partial charge in [-0.05, 0) is 57.0 Å². The smallest absolute Gasteiger partial charge is 0.336 e. The zero-order valence-corrected chi connectivity index (χ0v) is 24.7. The fraction of sp³-hybridized carbons (Fsp3) is 0.483. The number of ether oxygens (including phenoxy) is 2. The first-order valence-electron chi connectivity index (χ1n) is 13.9. The molecule has 1 amide bonds. The number of halogens is 1. The number of carbonyl (C=O) groups excluding carboxylic acids is 1. The van der Waals surface area contributed by atoms with Gasteiger partial charge in [0.1, 0.15) is 17.3 Å². The first-order valence-corrected chi connectivity index (χ1v) is 14.7. The Morgan fingerprint density at radius 1 is 1.19 bits per heavy atom. The predicted molar refractivity (Wildman–Crippen MR) is 157 cm³/mol. The molecule has 1 atom stereocenters. The van der Waals surface area contributed by atoms with Crippen LogP contribution in [0.25, 0.3) is 11.3 Å². The predicted octanol–water partition coefficient (Wildman–Crippen LogP) is 4.52. The molecule has 2 aromatic heterocycles. The van der Waals surface area contributed by atoms with E-state index in [0.717, 1.165) is 41.1 Å². The minimum absolute atomic E-state index is 0.133. The van der Waals surface area contributed by atoms with Gasteiger partial charge < -0.3 is 19.5 Å². The van der Waals surface area contributed by atoms with E-state index in [9.17, 15) is 19.1 Å². The Labute approximate surface area is 247 Å². The van der Waals surface area contributed by atoms with Gasteiger partial charge in [0.05, 0.1) is 18.1 Å². The van der Waals surface area contributed by atoms with Crippen LogP contribution in [0.5, 0.6) is 5.75 Å². The summed E-state index contributed by atoms with van der Waals surface area (Å²) in [5.41, 5.74) is 1.37. The third-order valence-corrected chi connectivity index (χ3v) is 9.00. The van der Waals surface area contributed by atoms with Crippen LogP contribution in [0.1, 0.15) is 53.5 Å². The first-order chi connectivity index (χ1) is 20.2. The van der Waals surface area contributed by atoms with E-state index >= 15 is 0 Å². The van der Waals surface area contributed by atoms with Crippen LogP contribution in [0.15, 0.2) is 30.6 Å². The van der Waals surface area contributed by atoms with Gasteiger partial charge in [-0.25, -0.2) is 24.1 Å². The highest BCUT2D eigenvalue weighted by molar-refractivity contribution is 7.16. The third kappa shape index (κ3) is 6.37. The molecule has 2 N–H and O–H groups in total. The van der Waals surface area contributed by atoms with Gasteiger partial charge in [-0.2, -0.15) is 0 Å². The van der Waals surface area contributed by atoms with Gasteiger partial charge >= 0.3 is 5.97 Å². The Balaban J connectivity index is 1.33. The average molecular weight is 599 g/mol. The standard InChI is InChI=1S/C29H35FN6O5S/c1-18-11-20(13-21(12-18)41-17-30)25-23(16-36-8-4-5-19(36)2)42-28(33-25)34-26(37)22-14-32-24(15-31-22)35-9-6-29(40-3,7-10-35)27(38)39/h11-15,19H,4-10,16-17H2,1-3H3,(H,38,39)(H,33,34,37)/t19-/m1/s1. The van der Waals surface area contributed by atoms with Crippen LogP contribution in [0.3, 0.4) is 0 Å². The summed E-state index contributed by atoms with van der Waals surface area (Å²) >= 11 is 1.41. The van der Waals surface area contributed by atoms with Crippen molar-refractivity contribution < 1.29 is 28.6 Å². The molecule has 2 aliphatic rings. The van der Waals surface area contributed by atoms with Gasteiger partial charge in [-0.1, -0.05) is 11.3 Å². The van der Waals surface area contributed by atoms with Crippen LogP contribution >= 0.6 is 11.3 Å². The largest absolute Gasteiger partial charge is 0.479 e. The molecule has 5 rings (SSSR count). The molecule has 0 unspecified atom stereocenters. The molecule has 0 radical (unpaired) electrons. The Kier molecular flexibility index (Phi) is 8.99. The van der Waals surface area contributed by atoms with Crippen LogP contribution in [-0.2, 0) is 16.1 Å². The number of aromatic nitrogens is 3. The minimum atomic E-state index is -1.19. The Hall–Kier alpha value is -3.68. The van der Waals surface area contributed by atoms with Crippen molar-refractivity contribution in [2.24, 2.45) is 0 Å². The summed E-state index contributed by atoms with van der Waals surface area (Å²) in [5, 5.41) is 12.8. The SMILES string of the molecule is COC1(C(=O)O)CCN(c2cnc(C(=O)Nc3nc(-c4cc(C)cc(OCF)c4)c(CN4CCC[C@H]4C)s3)cn2)CC1. The topological polar surface area (TPSA) is 130 Å². The van der Waals surface area contributed by atoms with E-state index in [-0.39, 0.29) is 5.69 Å². The lowest BCUT2D eigenvalue weighted by Crippen LogP contribution is -2.51. The molecular formula is C29H35FN6O5S. The summed E-state index contributed by atoms with van der Waals surface area (Å²) in [6.07, 6.45) is 5.82. The average Bonchev–Trinajstić information content (AvgIpc) is 3.58. The highest BCUT2D eigenvalue weighted by atomic mass is 32.1. The fourth-order valence-corrected chi connectivity index (χ4v) is 6.55. The molecule has 42 heavy (non-hydrogen) atoms. The van der Waals surface area contributed by atoms with Crippen molar-refractivity contribution in [3.05, 3.63) is 46.7 Å². The van der Waals surface area contributed by atoms with Gasteiger partial charge in [0.25, 0.3) is 5.91 Å². The molecule has 1 aromatic carbocycles. The number of aryl methyl sites for hydroxylation is 1. The molecule has 2 aliphatic heterocycles. The molecule has 0 bridgehead atoms. The first kappa shape index (κ1) is 29.8. The number of methoxy groups -OCH3 is 1. The molecule has 0 saturated carbocycles. The number of benzene rings is 1. The number of likely N-dealkylation sites (tertiary alicyclic amines) is 1. The maximum absolute atomic E-state index is 13.1. The van der Waals surface area contributed by atoms with Crippen molar-refractivity contribution in [3.63, 3.8) is 0 Å². The van der Waals surface area contributed by atoms with Gasteiger partial charge in [0.2, 0.25) is 6.86 Å². The lowest BCUT2D eigenvalue weighted by Gasteiger charge is -2.38. The third-order valence-electron chi connectivity index (χ3n) is 8.05. The van der Waals surface area contributed by atoms with E-state index in [2.05, 4.69) is 27.1 Å². The van der Waals surface area contributed by atoms with E-state index < -0.39 is 24.3 Å². The number of alkyl halides is 1. The number of piperidine rings is 1. The number of carboxylic acids is 1. The molecule has 0 aliphatic carbocycles. The van der Waals surface area contributed by atoms with E-state index in [4.69, 9.17) is 14.5 Å². The van der Waals surface area contributed by atoms with Gasteiger partial charge in [0, 0.05) is 56.1 Å². The molecule has 3 aromatic rings. The van der Waals surface area contributed by atoms with Crippen LogP contribution < -0.4 is 15.0 Å². The monoisotopic (exact) mass is 598 g/mol. The summed E-state index contributed by atoms with van der Waals surface area (Å²) in [4.78, 5) is 43.6. The van der Waals surface area contributed by atoms with E-state index in [1.807, 2.05) is 17.9 Å². The second-order valence-electron chi connectivity index (χ2n) is 10.7. The second-order valence-corrected chi connectivity index (χ2v) is 11.8. The summed E-state index contributed by atoms with van der Waals surface area (Å²) in [7, 11) is 1.41. The molecule has 0 spiro atoms. The zero-order chi connectivity index (χ0) is 29.9. The Morgan fingerprint density at radius 3 is 2.60 bits per heavy atom. The summed E-state index contributed by atoms with van der Waals surface area (Å²) in [5.74, 6) is -0.427. The lowest BCUT2D eigenvalue weighted by atomic mass is 9.91. The molecule has 224 valence electrons. The molecule has 2 saturated heterocycles. The second kappa shape index (κ2) is 12.7. The van der Waals surface area contributed by atoms with Crippen molar-refractivity contribution >= 4 is 34.2 Å². The van der Waals surface area contributed by atoms with Crippen molar-refractivity contribution in [2.75, 3.05) is 43.8 Å². The van der Waals surface area contributed by atoms with Crippen LogP contribution in [0, 0.1) is 6.92 Å². The van der Waals surface area contributed by atoms with E-state index in [1.165, 1.54) is 30.8 Å². The number of aliphatic carboxylic acids is 1. The van der Waals surface area contributed by atoms with Gasteiger partial charge in [0.15, 0.2) is 10.7 Å². The zero-order valence-electron chi connectivity index (χ0n) is 23.9. The number of hydrogen-bond donors (Lipinski definition) is 2. The van der Waals surface area contributed by atoms with Crippen molar-refractivity contribution in [3.8, 4) is 17.0 Å².